The SMILES string of the molecule is CCCCCCCCCCCC(=O)N[N+](C)(C)CCC[N+](C)(C)NC(=O)CCCCCCCCCCC. The molecule has 0 radical (unpaired) electrons. The highest BCUT2D eigenvalue weighted by Crippen LogP contribution is 2.12. The monoisotopic (exact) mass is 527 g/mol. The van der Waals surface area contributed by atoms with Gasteiger partial charge in [0.2, 0.25) is 0 Å². The van der Waals surface area contributed by atoms with Crippen molar-refractivity contribution in [3.05, 3.63) is 0 Å². The van der Waals surface area contributed by atoms with Crippen molar-refractivity contribution in [3.8, 4) is 0 Å². The Morgan fingerprint density at radius 1 is 0.432 bits per heavy atom. The number of amides is 2. The highest BCUT2D eigenvalue weighted by atomic mass is 16.2. The molecule has 0 saturated carbocycles. The third kappa shape index (κ3) is 24.9. The van der Waals surface area contributed by atoms with Crippen LogP contribution >= 0.6 is 0 Å². The summed E-state index contributed by atoms with van der Waals surface area (Å²) in [5.41, 5.74) is 6.34. The number of carbonyl (C=O) groups is 2. The molecule has 6 nitrogen and oxygen atoms in total. The summed E-state index contributed by atoms with van der Waals surface area (Å²) in [4.78, 5) is 24.8. The lowest BCUT2D eigenvalue weighted by Crippen LogP contribution is -2.58. The van der Waals surface area contributed by atoms with E-state index in [-0.39, 0.29) is 11.8 Å². The molecule has 6 heteroatoms. The molecule has 0 aliphatic carbocycles. The molecule has 0 fully saturated rings. The predicted octanol–water partition coefficient (Wildman–Crippen LogP) is 7.43. The lowest BCUT2D eigenvalue weighted by atomic mass is 10.1. The molecule has 0 unspecified atom stereocenters. The minimum Gasteiger partial charge on any atom is -0.270 e. The minimum absolute atomic E-state index is 0.149. The van der Waals surface area contributed by atoms with Crippen molar-refractivity contribution in [2.45, 2.75) is 149 Å². The summed E-state index contributed by atoms with van der Waals surface area (Å²) >= 11 is 0. The van der Waals surface area contributed by atoms with Crippen molar-refractivity contribution in [2.75, 3.05) is 41.3 Å². The van der Waals surface area contributed by atoms with Crippen molar-refractivity contribution in [3.63, 3.8) is 0 Å². The Bertz CT molecular complexity index is 515. The second-order valence-electron chi connectivity index (χ2n) is 12.4. The highest BCUT2D eigenvalue weighted by Gasteiger charge is 2.23. The number of quaternary nitrogens is 2. The molecular formula is C31H66N4O2+2. The van der Waals surface area contributed by atoms with Gasteiger partial charge in [0.1, 0.15) is 13.1 Å². The van der Waals surface area contributed by atoms with Crippen LogP contribution in [-0.2, 0) is 9.59 Å². The number of rotatable bonds is 26. The number of nitrogens with one attached hydrogen (secondary N) is 2. The number of unbranched alkanes of at least 4 members (excludes halogenated alkanes) is 16. The van der Waals surface area contributed by atoms with Gasteiger partial charge in [-0.2, -0.15) is 0 Å². The number of carbonyl (C=O) groups excluding carboxylic acids is 2. The van der Waals surface area contributed by atoms with Crippen LogP contribution in [0.5, 0.6) is 0 Å². The van der Waals surface area contributed by atoms with Gasteiger partial charge >= 0.3 is 0 Å². The molecule has 0 aromatic carbocycles. The van der Waals surface area contributed by atoms with E-state index in [1.807, 2.05) is 0 Å². The molecule has 2 amide bonds. The zero-order valence-corrected chi connectivity index (χ0v) is 26.0. The molecule has 0 bridgehead atoms. The van der Waals surface area contributed by atoms with Crippen LogP contribution in [0.3, 0.4) is 0 Å². The Kier molecular flexibility index (Phi) is 22.1. The van der Waals surface area contributed by atoms with Crippen LogP contribution < -0.4 is 10.9 Å². The second kappa shape index (κ2) is 22.8. The van der Waals surface area contributed by atoms with E-state index in [1.165, 1.54) is 89.9 Å². The van der Waals surface area contributed by atoms with Gasteiger partial charge in [-0.15, -0.1) is 0 Å². The molecule has 0 spiro atoms. The highest BCUT2D eigenvalue weighted by molar-refractivity contribution is 5.74. The molecular weight excluding hydrogens is 460 g/mol. The van der Waals surface area contributed by atoms with Gasteiger partial charge in [0, 0.05) is 12.8 Å². The van der Waals surface area contributed by atoms with Gasteiger partial charge in [0.25, 0.3) is 11.8 Å². The molecule has 0 aliphatic heterocycles. The molecule has 0 aromatic heterocycles. The van der Waals surface area contributed by atoms with E-state index in [9.17, 15) is 9.59 Å². The van der Waals surface area contributed by atoms with Gasteiger partial charge in [0.15, 0.2) is 0 Å². The normalized spacial score (nSPS) is 12.1. The molecule has 2 N–H and O–H groups in total. The van der Waals surface area contributed by atoms with Crippen LogP contribution in [-0.4, -0.2) is 62.3 Å². The summed E-state index contributed by atoms with van der Waals surface area (Å²) in [5, 5.41) is 0. The Hall–Kier alpha value is -1.14. The summed E-state index contributed by atoms with van der Waals surface area (Å²) < 4.78 is 0.977. The quantitative estimate of drug-likeness (QED) is 0.0699. The van der Waals surface area contributed by atoms with Crippen LogP contribution in [0.15, 0.2) is 0 Å². The van der Waals surface area contributed by atoms with Crippen LogP contribution in [0, 0.1) is 0 Å². The third-order valence-corrected chi connectivity index (χ3v) is 7.30. The maximum absolute atomic E-state index is 12.4. The van der Waals surface area contributed by atoms with E-state index in [4.69, 9.17) is 0 Å². The fraction of sp³-hybridized carbons (Fsp3) is 0.935. The number of nitrogens with zero attached hydrogens (tertiary/aromatic N) is 2. The Morgan fingerprint density at radius 2 is 0.703 bits per heavy atom. The Labute approximate surface area is 231 Å². The van der Waals surface area contributed by atoms with Gasteiger partial charge in [-0.25, -0.2) is 20.0 Å². The van der Waals surface area contributed by atoms with Gasteiger partial charge in [-0.05, 0) is 12.8 Å². The van der Waals surface area contributed by atoms with Crippen LogP contribution in [0.25, 0.3) is 0 Å². The van der Waals surface area contributed by atoms with E-state index in [2.05, 4.69) is 52.9 Å². The fourth-order valence-corrected chi connectivity index (χ4v) is 4.95. The summed E-state index contributed by atoms with van der Waals surface area (Å²) in [5.74, 6) is 0.298. The molecule has 0 heterocycles. The van der Waals surface area contributed by atoms with Crippen molar-refractivity contribution in [2.24, 2.45) is 0 Å². The van der Waals surface area contributed by atoms with Crippen LogP contribution in [0.1, 0.15) is 149 Å². The first-order valence-corrected chi connectivity index (χ1v) is 15.9. The summed E-state index contributed by atoms with van der Waals surface area (Å²) in [7, 11) is 8.21. The molecule has 0 aliphatic rings. The van der Waals surface area contributed by atoms with Crippen LogP contribution in [0.4, 0.5) is 0 Å². The lowest BCUT2D eigenvalue weighted by molar-refractivity contribution is -0.943. The van der Waals surface area contributed by atoms with Gasteiger partial charge in [-0.1, -0.05) is 117 Å². The Balaban J connectivity index is 3.88. The topological polar surface area (TPSA) is 58.2 Å². The maximum atomic E-state index is 12.4. The van der Waals surface area contributed by atoms with E-state index in [1.54, 1.807) is 0 Å². The maximum Gasteiger partial charge on any atom is 0.264 e. The zero-order valence-electron chi connectivity index (χ0n) is 26.0. The van der Waals surface area contributed by atoms with Gasteiger partial charge in [0.05, 0.1) is 34.6 Å². The van der Waals surface area contributed by atoms with E-state index >= 15 is 0 Å². The van der Waals surface area contributed by atoms with Crippen molar-refractivity contribution in [1.29, 1.82) is 0 Å². The predicted molar refractivity (Wildman–Crippen MR) is 159 cm³/mol. The average Bonchev–Trinajstić information content (AvgIpc) is 2.81. The van der Waals surface area contributed by atoms with E-state index in [0.717, 1.165) is 45.2 Å². The summed E-state index contributed by atoms with van der Waals surface area (Å²) in [6, 6.07) is 0. The van der Waals surface area contributed by atoms with Gasteiger partial charge < -0.3 is 0 Å². The van der Waals surface area contributed by atoms with Gasteiger partial charge in [-0.3, -0.25) is 9.59 Å². The minimum atomic E-state index is 0.149. The molecule has 0 rings (SSSR count). The van der Waals surface area contributed by atoms with Crippen LogP contribution in [0.2, 0.25) is 0 Å². The Morgan fingerprint density at radius 3 is 1.00 bits per heavy atom. The second-order valence-corrected chi connectivity index (χ2v) is 12.4. The van der Waals surface area contributed by atoms with Crippen molar-refractivity contribution in [1.82, 2.24) is 10.9 Å². The molecule has 37 heavy (non-hydrogen) atoms. The number of hydrogen-bond donors (Lipinski definition) is 2. The summed E-state index contributed by atoms with van der Waals surface area (Å²) in [6.45, 7) is 6.20. The molecule has 0 aromatic rings. The van der Waals surface area contributed by atoms with Crippen molar-refractivity contribution >= 4 is 11.8 Å². The summed E-state index contributed by atoms with van der Waals surface area (Å²) in [6.07, 6.45) is 25.0. The van der Waals surface area contributed by atoms with Crippen molar-refractivity contribution < 1.29 is 18.8 Å². The van der Waals surface area contributed by atoms with E-state index in [0.29, 0.717) is 22.0 Å². The molecule has 220 valence electrons. The fourth-order valence-electron chi connectivity index (χ4n) is 4.95. The first-order chi connectivity index (χ1) is 17.6. The first-order valence-electron chi connectivity index (χ1n) is 15.9. The average molecular weight is 527 g/mol. The smallest absolute Gasteiger partial charge is 0.264 e. The largest absolute Gasteiger partial charge is 0.270 e. The third-order valence-electron chi connectivity index (χ3n) is 7.30. The first kappa shape index (κ1) is 35.9. The lowest BCUT2D eigenvalue weighted by Gasteiger charge is -2.32. The van der Waals surface area contributed by atoms with E-state index < -0.39 is 0 Å². The standard InChI is InChI=1S/C31H64N4O2/c1-7-9-11-13-15-17-19-21-23-26-30(36)32-34(3,4)28-25-29-35(5,6)33-31(37)27-24-22-20-18-16-14-12-10-8-2/h7-29H2,1-6H3/p+2. The molecule has 0 saturated heterocycles. The number of hydrogen-bond acceptors (Lipinski definition) is 2. The zero-order chi connectivity index (χ0) is 27.8. The molecule has 0 atom stereocenters.